The summed E-state index contributed by atoms with van der Waals surface area (Å²) in [6.07, 6.45) is 4.40. The second-order valence-corrected chi connectivity index (χ2v) is 8.52. The topological polar surface area (TPSA) is 124 Å². The Labute approximate surface area is 184 Å². The van der Waals surface area contributed by atoms with E-state index in [0.717, 1.165) is 24.0 Å². The van der Waals surface area contributed by atoms with Crippen molar-refractivity contribution in [2.75, 3.05) is 5.32 Å². The van der Waals surface area contributed by atoms with Gasteiger partial charge in [-0.3, -0.25) is 10.1 Å². The van der Waals surface area contributed by atoms with E-state index in [4.69, 9.17) is 4.74 Å². The van der Waals surface area contributed by atoms with Gasteiger partial charge in [-0.15, -0.1) is 0 Å². The molecule has 3 aromatic rings. The molecule has 2 heterocycles. The Balaban J connectivity index is 1.55. The third-order valence-corrected chi connectivity index (χ3v) is 4.97. The maximum absolute atomic E-state index is 12.1. The lowest BCUT2D eigenvalue weighted by Crippen LogP contribution is -2.34. The SMILES string of the molecule is CC(C)(C)OC(=O)NC1CCc2cc(Nc3nc(-n4cccn4)ccc3[N+](=O)[O-])ccc21. The fourth-order valence-electron chi connectivity index (χ4n) is 3.64. The van der Waals surface area contributed by atoms with Gasteiger partial charge in [-0.25, -0.2) is 14.5 Å². The predicted octanol–water partition coefficient (Wildman–Crippen LogP) is 4.43. The Morgan fingerprint density at radius 3 is 2.78 bits per heavy atom. The van der Waals surface area contributed by atoms with Crippen molar-refractivity contribution in [1.82, 2.24) is 20.1 Å². The molecule has 4 rings (SSSR count). The molecule has 0 radical (unpaired) electrons. The number of anilines is 2. The Hall–Kier alpha value is -3.95. The number of carbonyl (C=O) groups excluding carboxylic acids is 1. The second kappa shape index (κ2) is 8.29. The minimum atomic E-state index is -0.564. The van der Waals surface area contributed by atoms with Crippen LogP contribution in [0.1, 0.15) is 44.4 Å². The van der Waals surface area contributed by atoms with Crippen LogP contribution in [0.5, 0.6) is 0 Å². The van der Waals surface area contributed by atoms with Crippen LogP contribution in [-0.4, -0.2) is 31.4 Å². The summed E-state index contributed by atoms with van der Waals surface area (Å²) in [5.74, 6) is 0.593. The molecule has 0 aliphatic heterocycles. The first kappa shape index (κ1) is 21.3. The van der Waals surface area contributed by atoms with Crippen LogP contribution < -0.4 is 10.6 Å². The molecule has 1 unspecified atom stereocenters. The molecule has 10 nitrogen and oxygen atoms in total. The number of rotatable bonds is 5. The van der Waals surface area contributed by atoms with Crippen LogP contribution in [0.2, 0.25) is 0 Å². The van der Waals surface area contributed by atoms with E-state index in [1.54, 1.807) is 24.5 Å². The van der Waals surface area contributed by atoms with Crippen LogP contribution in [0.4, 0.5) is 22.0 Å². The molecular weight excluding hydrogens is 412 g/mol. The summed E-state index contributed by atoms with van der Waals surface area (Å²) in [6, 6.07) is 10.2. The van der Waals surface area contributed by atoms with E-state index in [9.17, 15) is 14.9 Å². The van der Waals surface area contributed by atoms with Crippen molar-refractivity contribution in [3.63, 3.8) is 0 Å². The number of aromatic nitrogens is 3. The van der Waals surface area contributed by atoms with Crippen LogP contribution in [0.3, 0.4) is 0 Å². The first-order valence-electron chi connectivity index (χ1n) is 10.2. The Bertz CT molecular complexity index is 1150. The lowest BCUT2D eigenvalue weighted by molar-refractivity contribution is -0.384. The highest BCUT2D eigenvalue weighted by Gasteiger charge is 2.27. The van der Waals surface area contributed by atoms with Gasteiger partial charge in [0.15, 0.2) is 5.82 Å². The van der Waals surface area contributed by atoms with Crippen molar-refractivity contribution in [3.8, 4) is 5.82 Å². The van der Waals surface area contributed by atoms with Gasteiger partial charge in [0.1, 0.15) is 5.60 Å². The van der Waals surface area contributed by atoms with Crippen molar-refractivity contribution in [1.29, 1.82) is 0 Å². The van der Waals surface area contributed by atoms with Gasteiger partial charge in [-0.1, -0.05) is 6.07 Å². The first-order valence-corrected chi connectivity index (χ1v) is 10.2. The van der Waals surface area contributed by atoms with E-state index < -0.39 is 16.6 Å². The smallest absolute Gasteiger partial charge is 0.408 e. The number of alkyl carbamates (subject to hydrolysis) is 1. The summed E-state index contributed by atoms with van der Waals surface area (Å²) >= 11 is 0. The van der Waals surface area contributed by atoms with Crippen molar-refractivity contribution >= 4 is 23.3 Å². The number of amides is 1. The standard InChI is InChI=1S/C22H24N6O4/c1-22(2,3)32-21(29)25-17-8-5-14-13-15(6-7-16(14)17)24-20-18(28(30)31)9-10-19(26-20)27-12-4-11-23-27/h4,6-7,9-13,17H,5,8H2,1-3H3,(H,24,26)(H,25,29). The maximum Gasteiger partial charge on any atom is 0.408 e. The zero-order chi connectivity index (χ0) is 22.9. The van der Waals surface area contributed by atoms with Gasteiger partial charge in [-0.05, 0) is 69.0 Å². The number of hydrogen-bond donors (Lipinski definition) is 2. The van der Waals surface area contributed by atoms with Gasteiger partial charge < -0.3 is 15.4 Å². The van der Waals surface area contributed by atoms with Crippen LogP contribution >= 0.6 is 0 Å². The van der Waals surface area contributed by atoms with Gasteiger partial charge in [0.25, 0.3) is 0 Å². The van der Waals surface area contributed by atoms with E-state index in [1.165, 1.54) is 10.7 Å². The van der Waals surface area contributed by atoms with Crippen LogP contribution in [-0.2, 0) is 11.2 Å². The molecule has 166 valence electrons. The van der Waals surface area contributed by atoms with Crippen LogP contribution in [0.25, 0.3) is 5.82 Å². The quantitative estimate of drug-likeness (QED) is 0.448. The number of aryl methyl sites for hydroxylation is 1. The normalized spacial score (nSPS) is 15.2. The van der Waals surface area contributed by atoms with Crippen molar-refractivity contribution in [2.24, 2.45) is 0 Å². The summed E-state index contributed by atoms with van der Waals surface area (Å²) in [6.45, 7) is 5.46. The monoisotopic (exact) mass is 436 g/mol. The van der Waals surface area contributed by atoms with E-state index in [2.05, 4.69) is 20.7 Å². The fraction of sp³-hybridized carbons (Fsp3) is 0.318. The van der Waals surface area contributed by atoms with Crippen molar-refractivity contribution in [2.45, 2.75) is 45.3 Å². The zero-order valence-corrected chi connectivity index (χ0v) is 18.0. The lowest BCUT2D eigenvalue weighted by atomic mass is 10.1. The summed E-state index contributed by atoms with van der Waals surface area (Å²) < 4.78 is 6.89. The number of hydrogen-bond acceptors (Lipinski definition) is 7. The van der Waals surface area contributed by atoms with Gasteiger partial charge in [-0.2, -0.15) is 5.10 Å². The Kier molecular flexibility index (Phi) is 5.52. The molecule has 0 saturated carbocycles. The predicted molar refractivity (Wildman–Crippen MR) is 118 cm³/mol. The minimum Gasteiger partial charge on any atom is -0.444 e. The van der Waals surface area contributed by atoms with E-state index >= 15 is 0 Å². The van der Waals surface area contributed by atoms with Gasteiger partial charge in [0.05, 0.1) is 11.0 Å². The average Bonchev–Trinajstić information content (AvgIpc) is 3.37. The second-order valence-electron chi connectivity index (χ2n) is 8.52. The largest absolute Gasteiger partial charge is 0.444 e. The van der Waals surface area contributed by atoms with Gasteiger partial charge >= 0.3 is 11.8 Å². The lowest BCUT2D eigenvalue weighted by Gasteiger charge is -2.22. The van der Waals surface area contributed by atoms with E-state index in [0.29, 0.717) is 11.5 Å². The number of fused-ring (bicyclic) bond motifs is 1. The summed E-state index contributed by atoms with van der Waals surface area (Å²) in [5, 5.41) is 21.6. The number of nitrogens with zero attached hydrogens (tertiary/aromatic N) is 4. The van der Waals surface area contributed by atoms with Crippen molar-refractivity contribution in [3.05, 3.63) is 70.0 Å². The number of nitro groups is 1. The third kappa shape index (κ3) is 4.69. The molecular formula is C22H24N6O4. The fourth-order valence-corrected chi connectivity index (χ4v) is 3.64. The first-order chi connectivity index (χ1) is 15.2. The molecule has 1 amide bonds. The zero-order valence-electron chi connectivity index (χ0n) is 18.0. The number of nitrogens with one attached hydrogen (secondary N) is 2. The van der Waals surface area contributed by atoms with Crippen LogP contribution in [0, 0.1) is 10.1 Å². The average molecular weight is 436 g/mol. The highest BCUT2D eigenvalue weighted by Crippen LogP contribution is 2.35. The Morgan fingerprint density at radius 2 is 2.09 bits per heavy atom. The summed E-state index contributed by atoms with van der Waals surface area (Å²) in [7, 11) is 0. The highest BCUT2D eigenvalue weighted by atomic mass is 16.6. The highest BCUT2D eigenvalue weighted by molar-refractivity contribution is 5.70. The minimum absolute atomic E-state index is 0.129. The maximum atomic E-state index is 12.1. The number of pyridine rings is 1. The molecule has 1 aliphatic carbocycles. The summed E-state index contributed by atoms with van der Waals surface area (Å²) in [5.41, 5.74) is 2.04. The van der Waals surface area contributed by atoms with E-state index in [-0.39, 0.29) is 17.5 Å². The molecule has 32 heavy (non-hydrogen) atoms. The number of benzene rings is 1. The molecule has 0 spiro atoms. The molecule has 1 aliphatic rings. The molecule has 1 aromatic carbocycles. The van der Waals surface area contributed by atoms with Gasteiger partial charge in [0, 0.05) is 24.1 Å². The van der Waals surface area contributed by atoms with Crippen LogP contribution in [0.15, 0.2) is 48.8 Å². The third-order valence-electron chi connectivity index (χ3n) is 4.97. The van der Waals surface area contributed by atoms with Crippen molar-refractivity contribution < 1.29 is 14.5 Å². The van der Waals surface area contributed by atoms with E-state index in [1.807, 2.05) is 39.0 Å². The summed E-state index contributed by atoms with van der Waals surface area (Å²) in [4.78, 5) is 27.5. The molecule has 0 fully saturated rings. The molecule has 10 heteroatoms. The molecule has 1 atom stereocenters. The molecule has 2 aromatic heterocycles. The number of ether oxygens (including phenoxy) is 1. The molecule has 0 bridgehead atoms. The Morgan fingerprint density at radius 1 is 1.28 bits per heavy atom. The number of carbonyl (C=O) groups is 1. The van der Waals surface area contributed by atoms with Gasteiger partial charge in [0.2, 0.25) is 5.82 Å². The molecule has 2 N–H and O–H groups in total. The molecule has 0 saturated heterocycles.